The van der Waals surface area contributed by atoms with Gasteiger partial charge in [0.25, 0.3) is 0 Å². The number of aliphatic hydroxyl groups is 1. The number of rotatable bonds is 6. The van der Waals surface area contributed by atoms with Crippen LogP contribution >= 0.6 is 0 Å². The Kier molecular flexibility index (Phi) is 7.14. The maximum absolute atomic E-state index is 12.3. The van der Waals surface area contributed by atoms with E-state index in [9.17, 15) is 23.5 Å². The first kappa shape index (κ1) is 21.6. The number of anilines is 2. The Hall–Kier alpha value is -2.12. The van der Waals surface area contributed by atoms with Crippen molar-refractivity contribution in [3.05, 3.63) is 11.8 Å². The molecule has 0 bridgehead atoms. The third kappa shape index (κ3) is 6.72. The van der Waals surface area contributed by atoms with Gasteiger partial charge in [0.2, 0.25) is 5.95 Å². The summed E-state index contributed by atoms with van der Waals surface area (Å²) in [7, 11) is 0. The Morgan fingerprint density at radius 2 is 1.90 bits per heavy atom. The molecule has 2 atom stereocenters. The summed E-state index contributed by atoms with van der Waals surface area (Å²) in [5.41, 5.74) is 0.333. The zero-order valence-corrected chi connectivity index (χ0v) is 16.1. The highest BCUT2D eigenvalue weighted by molar-refractivity contribution is 5.54. The van der Waals surface area contributed by atoms with Crippen LogP contribution in [0.15, 0.2) is 6.20 Å². The maximum atomic E-state index is 12.3. The van der Waals surface area contributed by atoms with E-state index in [1.165, 1.54) is 6.20 Å². The van der Waals surface area contributed by atoms with Crippen molar-refractivity contribution in [1.82, 2.24) is 9.97 Å². The molecule has 3 N–H and O–H groups in total. The van der Waals surface area contributed by atoms with Crippen LogP contribution in [-0.4, -0.2) is 52.1 Å². The summed E-state index contributed by atoms with van der Waals surface area (Å²) in [5.74, 6) is 0.814. The van der Waals surface area contributed by atoms with Gasteiger partial charge in [0.05, 0.1) is 18.4 Å². The minimum Gasteiger partial charge on any atom is -0.393 e. The third-order valence-corrected chi connectivity index (χ3v) is 5.39. The predicted molar refractivity (Wildman–Crippen MR) is 100 cm³/mol. The van der Waals surface area contributed by atoms with Crippen LogP contribution in [-0.2, 0) is 4.74 Å². The summed E-state index contributed by atoms with van der Waals surface area (Å²) in [4.78, 5) is 8.61. The Morgan fingerprint density at radius 3 is 2.55 bits per heavy atom. The van der Waals surface area contributed by atoms with Crippen LogP contribution in [0.5, 0.6) is 0 Å². The topological polar surface area (TPSA) is 103 Å². The lowest BCUT2D eigenvalue weighted by molar-refractivity contribution is -0.187. The molecule has 0 unspecified atom stereocenters. The summed E-state index contributed by atoms with van der Waals surface area (Å²) in [5, 5.41) is 25.6. The number of ether oxygens (including phenoxy) is 1. The highest BCUT2D eigenvalue weighted by atomic mass is 19.4. The summed E-state index contributed by atoms with van der Waals surface area (Å²) < 4.78 is 41.7. The van der Waals surface area contributed by atoms with Gasteiger partial charge in [-0.2, -0.15) is 23.4 Å². The van der Waals surface area contributed by atoms with Crippen LogP contribution in [0.4, 0.5) is 24.9 Å². The van der Waals surface area contributed by atoms with E-state index in [2.05, 4.69) is 26.7 Å². The summed E-state index contributed by atoms with van der Waals surface area (Å²) in [6.07, 6.45) is 2.02. The first-order chi connectivity index (χ1) is 13.8. The van der Waals surface area contributed by atoms with Crippen molar-refractivity contribution in [2.75, 3.05) is 17.2 Å². The monoisotopic (exact) mass is 413 g/mol. The van der Waals surface area contributed by atoms with Crippen molar-refractivity contribution in [2.45, 2.75) is 81.8 Å². The number of nitrogens with zero attached hydrogens (tertiary/aromatic N) is 3. The maximum Gasteiger partial charge on any atom is 0.411 e. The first-order valence-corrected chi connectivity index (χ1v) is 9.99. The standard InChI is InChI=1S/C19H26F3N5O2/c20-19(21,22)11-29-16-6-4-13(5-7-16)26-18-24-10-12(9-23)17(27-18)25-14-2-1-3-15(28)8-14/h10,13-16,28H,1-8,11H2,(H2,24,25,26,27)/t13?,14-,15-,16?/m1/s1. The van der Waals surface area contributed by atoms with E-state index in [1.807, 2.05) is 0 Å². The largest absolute Gasteiger partial charge is 0.411 e. The zero-order valence-electron chi connectivity index (χ0n) is 16.1. The Morgan fingerprint density at radius 1 is 1.14 bits per heavy atom. The quantitative estimate of drug-likeness (QED) is 0.657. The number of nitriles is 1. The van der Waals surface area contributed by atoms with Gasteiger partial charge in [-0.3, -0.25) is 0 Å². The molecule has 10 heteroatoms. The second kappa shape index (κ2) is 9.59. The van der Waals surface area contributed by atoms with Gasteiger partial charge in [-0.15, -0.1) is 0 Å². The van der Waals surface area contributed by atoms with Gasteiger partial charge in [0.1, 0.15) is 24.1 Å². The van der Waals surface area contributed by atoms with Gasteiger partial charge >= 0.3 is 6.18 Å². The fourth-order valence-electron chi connectivity index (χ4n) is 3.90. The molecule has 2 saturated carbocycles. The molecule has 1 aromatic rings. The molecule has 1 aromatic heterocycles. The fourth-order valence-corrected chi connectivity index (χ4v) is 3.90. The molecule has 3 rings (SSSR count). The van der Waals surface area contributed by atoms with E-state index in [0.29, 0.717) is 49.4 Å². The molecule has 0 amide bonds. The lowest BCUT2D eigenvalue weighted by atomic mass is 9.93. The molecular formula is C19H26F3N5O2. The number of hydrogen-bond acceptors (Lipinski definition) is 7. The molecule has 2 fully saturated rings. The minimum atomic E-state index is -4.30. The second-order valence-electron chi connectivity index (χ2n) is 7.77. The van der Waals surface area contributed by atoms with Gasteiger partial charge in [-0.1, -0.05) is 0 Å². The van der Waals surface area contributed by atoms with Gasteiger partial charge < -0.3 is 20.5 Å². The van der Waals surface area contributed by atoms with E-state index in [-0.39, 0.29) is 24.3 Å². The predicted octanol–water partition coefficient (Wildman–Crippen LogP) is 3.37. The smallest absolute Gasteiger partial charge is 0.393 e. The molecule has 2 aliphatic carbocycles. The SMILES string of the molecule is N#Cc1cnc(NC2CCC(OCC(F)(F)F)CC2)nc1N[C@@H]1CCC[C@@H](O)C1. The molecule has 0 aromatic carbocycles. The minimum absolute atomic E-state index is 0.0398. The van der Waals surface area contributed by atoms with Crippen molar-refractivity contribution in [3.63, 3.8) is 0 Å². The normalized spacial score (nSPS) is 27.8. The average Bonchev–Trinajstić information content (AvgIpc) is 2.67. The van der Waals surface area contributed by atoms with E-state index in [4.69, 9.17) is 4.74 Å². The fraction of sp³-hybridized carbons (Fsp3) is 0.737. The molecule has 7 nitrogen and oxygen atoms in total. The number of alkyl halides is 3. The second-order valence-corrected chi connectivity index (χ2v) is 7.77. The molecule has 0 saturated heterocycles. The van der Waals surface area contributed by atoms with Crippen LogP contribution in [0.2, 0.25) is 0 Å². The molecule has 0 aliphatic heterocycles. The van der Waals surface area contributed by atoms with Gasteiger partial charge in [-0.25, -0.2) is 4.98 Å². The summed E-state index contributed by atoms with van der Waals surface area (Å²) in [6, 6.07) is 2.16. The van der Waals surface area contributed by atoms with E-state index in [0.717, 1.165) is 19.3 Å². The lowest BCUT2D eigenvalue weighted by Crippen LogP contribution is -2.33. The number of aromatic nitrogens is 2. The first-order valence-electron chi connectivity index (χ1n) is 9.99. The highest BCUT2D eigenvalue weighted by Gasteiger charge is 2.31. The van der Waals surface area contributed by atoms with Crippen molar-refractivity contribution >= 4 is 11.8 Å². The molecule has 0 spiro atoms. The third-order valence-electron chi connectivity index (χ3n) is 5.39. The van der Waals surface area contributed by atoms with Crippen molar-refractivity contribution in [1.29, 1.82) is 5.26 Å². The Balaban J connectivity index is 1.54. The van der Waals surface area contributed by atoms with Gasteiger partial charge in [0, 0.05) is 12.1 Å². The lowest BCUT2D eigenvalue weighted by Gasteiger charge is -2.30. The van der Waals surface area contributed by atoms with Crippen LogP contribution in [0.3, 0.4) is 0 Å². The number of hydrogen-bond donors (Lipinski definition) is 3. The summed E-state index contributed by atoms with van der Waals surface area (Å²) >= 11 is 0. The van der Waals surface area contributed by atoms with Crippen LogP contribution < -0.4 is 10.6 Å². The Bertz CT molecular complexity index is 717. The highest BCUT2D eigenvalue weighted by Crippen LogP contribution is 2.27. The molecule has 2 aliphatic rings. The van der Waals surface area contributed by atoms with E-state index >= 15 is 0 Å². The number of halogens is 3. The van der Waals surface area contributed by atoms with Crippen molar-refractivity contribution < 1.29 is 23.0 Å². The van der Waals surface area contributed by atoms with Crippen LogP contribution in [0.25, 0.3) is 0 Å². The summed E-state index contributed by atoms with van der Waals surface area (Å²) in [6.45, 7) is -1.21. The van der Waals surface area contributed by atoms with E-state index < -0.39 is 12.8 Å². The number of aliphatic hydroxyl groups excluding tert-OH is 1. The van der Waals surface area contributed by atoms with Crippen molar-refractivity contribution in [2.24, 2.45) is 0 Å². The number of nitrogens with one attached hydrogen (secondary N) is 2. The zero-order chi connectivity index (χ0) is 20.9. The van der Waals surface area contributed by atoms with Crippen LogP contribution in [0.1, 0.15) is 56.9 Å². The molecular weight excluding hydrogens is 387 g/mol. The van der Waals surface area contributed by atoms with Gasteiger partial charge in [-0.05, 0) is 51.4 Å². The van der Waals surface area contributed by atoms with E-state index in [1.54, 1.807) is 0 Å². The molecule has 29 heavy (non-hydrogen) atoms. The van der Waals surface area contributed by atoms with Crippen LogP contribution in [0, 0.1) is 11.3 Å². The molecule has 0 radical (unpaired) electrons. The Labute approximate surface area is 167 Å². The molecule has 160 valence electrons. The average molecular weight is 413 g/mol. The van der Waals surface area contributed by atoms with Gasteiger partial charge in [0.15, 0.2) is 0 Å². The van der Waals surface area contributed by atoms with Crippen molar-refractivity contribution in [3.8, 4) is 6.07 Å². The molecule has 1 heterocycles.